The van der Waals surface area contributed by atoms with Gasteiger partial charge in [-0.15, -0.1) is 0 Å². The molecule has 0 aromatic carbocycles. The predicted octanol–water partition coefficient (Wildman–Crippen LogP) is 1.89. The van der Waals surface area contributed by atoms with E-state index in [-0.39, 0.29) is 6.04 Å². The third-order valence-electron chi connectivity index (χ3n) is 2.62. The molecule has 0 aliphatic carbocycles. The first kappa shape index (κ1) is 11.9. The fourth-order valence-electron chi connectivity index (χ4n) is 1.81. The van der Waals surface area contributed by atoms with E-state index in [2.05, 4.69) is 17.1 Å². The summed E-state index contributed by atoms with van der Waals surface area (Å²) in [5.41, 5.74) is 6.96. The first-order valence-electron chi connectivity index (χ1n) is 5.92. The van der Waals surface area contributed by atoms with E-state index in [1.54, 1.807) is 0 Å². The minimum absolute atomic E-state index is 0.00649. The smallest absolute Gasteiger partial charge is 0.226 e. The summed E-state index contributed by atoms with van der Waals surface area (Å²) in [6.45, 7) is 4.66. The van der Waals surface area contributed by atoms with Gasteiger partial charge in [0, 0.05) is 24.4 Å². The predicted molar refractivity (Wildman–Crippen MR) is 64.4 cm³/mol. The number of nitrogens with zero attached hydrogens (tertiary/aromatic N) is 3. The van der Waals surface area contributed by atoms with Gasteiger partial charge in [-0.3, -0.25) is 0 Å². The molecule has 0 aliphatic rings. The lowest BCUT2D eigenvalue weighted by Crippen LogP contribution is -2.12. The molecule has 0 amide bonds. The van der Waals surface area contributed by atoms with Crippen molar-refractivity contribution in [3.63, 3.8) is 0 Å². The summed E-state index contributed by atoms with van der Waals surface area (Å²) in [5.74, 6) is 1.41. The molecule has 2 aromatic heterocycles. The monoisotopic (exact) mass is 234 g/mol. The average molecular weight is 234 g/mol. The number of hydrogen-bond donors (Lipinski definition) is 1. The van der Waals surface area contributed by atoms with Crippen LogP contribution in [0.5, 0.6) is 0 Å². The molecule has 0 fully saturated rings. The van der Waals surface area contributed by atoms with Crippen LogP contribution in [-0.4, -0.2) is 14.7 Å². The Kier molecular flexibility index (Phi) is 3.58. The minimum Gasteiger partial charge on any atom is -0.342 e. The number of rotatable bonds is 5. The van der Waals surface area contributed by atoms with Crippen LogP contribution in [0, 0.1) is 0 Å². The molecule has 2 rings (SSSR count). The van der Waals surface area contributed by atoms with Gasteiger partial charge in [-0.1, -0.05) is 12.1 Å². The molecule has 1 unspecified atom stereocenters. The number of aromatic nitrogens is 3. The minimum atomic E-state index is 0.00649. The van der Waals surface area contributed by atoms with Gasteiger partial charge < -0.3 is 14.8 Å². The highest BCUT2D eigenvalue weighted by Gasteiger charge is 2.10. The third-order valence-corrected chi connectivity index (χ3v) is 2.62. The summed E-state index contributed by atoms with van der Waals surface area (Å²) in [4.78, 5) is 4.34. The molecule has 0 saturated heterocycles. The van der Waals surface area contributed by atoms with E-state index in [1.165, 1.54) is 0 Å². The van der Waals surface area contributed by atoms with Crippen LogP contribution in [-0.2, 0) is 13.0 Å². The standard InChI is InChI=1S/C12H18N4O/c1-3-5-12-14-11(15-17-12)8-16-7-4-6-10(16)9(2)13/h4,6-7,9H,3,5,8,13H2,1-2H3. The molecule has 2 aromatic rings. The van der Waals surface area contributed by atoms with Crippen LogP contribution in [0.3, 0.4) is 0 Å². The maximum absolute atomic E-state index is 5.88. The van der Waals surface area contributed by atoms with E-state index in [0.29, 0.717) is 18.3 Å². The highest BCUT2D eigenvalue weighted by Crippen LogP contribution is 2.12. The van der Waals surface area contributed by atoms with E-state index in [9.17, 15) is 0 Å². The summed E-state index contributed by atoms with van der Waals surface area (Å²) < 4.78 is 7.20. The van der Waals surface area contributed by atoms with Gasteiger partial charge in [0.15, 0.2) is 5.82 Å². The summed E-state index contributed by atoms with van der Waals surface area (Å²) in [6, 6.07) is 4.00. The lowest BCUT2D eigenvalue weighted by molar-refractivity contribution is 0.371. The first-order valence-corrected chi connectivity index (χ1v) is 5.92. The van der Waals surface area contributed by atoms with Crippen molar-refractivity contribution in [3.8, 4) is 0 Å². The Bertz CT molecular complexity index is 472. The molecule has 92 valence electrons. The van der Waals surface area contributed by atoms with Crippen molar-refractivity contribution >= 4 is 0 Å². The molecule has 0 spiro atoms. The Balaban J connectivity index is 2.11. The molecule has 2 heterocycles. The Morgan fingerprint density at radius 2 is 2.35 bits per heavy atom. The lowest BCUT2D eigenvalue weighted by Gasteiger charge is -2.09. The molecular formula is C12H18N4O. The van der Waals surface area contributed by atoms with Crippen LogP contribution in [0.15, 0.2) is 22.9 Å². The van der Waals surface area contributed by atoms with E-state index < -0.39 is 0 Å². The van der Waals surface area contributed by atoms with Crippen molar-refractivity contribution in [1.29, 1.82) is 0 Å². The SMILES string of the molecule is CCCc1nc(Cn2cccc2C(C)N)no1. The Labute approximate surface area is 101 Å². The van der Waals surface area contributed by atoms with E-state index in [1.807, 2.05) is 29.8 Å². The maximum Gasteiger partial charge on any atom is 0.226 e. The fourth-order valence-corrected chi connectivity index (χ4v) is 1.81. The Morgan fingerprint density at radius 3 is 3.06 bits per heavy atom. The van der Waals surface area contributed by atoms with Gasteiger partial charge in [-0.25, -0.2) is 0 Å². The number of nitrogens with two attached hydrogens (primary N) is 1. The molecule has 17 heavy (non-hydrogen) atoms. The normalized spacial score (nSPS) is 12.9. The zero-order valence-corrected chi connectivity index (χ0v) is 10.3. The second-order valence-electron chi connectivity index (χ2n) is 4.20. The highest BCUT2D eigenvalue weighted by molar-refractivity contribution is 5.12. The second-order valence-corrected chi connectivity index (χ2v) is 4.20. The summed E-state index contributed by atoms with van der Waals surface area (Å²) >= 11 is 0. The van der Waals surface area contributed by atoms with E-state index >= 15 is 0 Å². The number of hydrogen-bond acceptors (Lipinski definition) is 4. The van der Waals surface area contributed by atoms with Gasteiger partial charge in [-0.2, -0.15) is 4.98 Å². The second kappa shape index (κ2) is 5.14. The van der Waals surface area contributed by atoms with Gasteiger partial charge in [0.05, 0.1) is 6.54 Å². The zero-order valence-electron chi connectivity index (χ0n) is 10.3. The zero-order chi connectivity index (χ0) is 12.3. The quantitative estimate of drug-likeness (QED) is 0.857. The van der Waals surface area contributed by atoms with Crippen LogP contribution in [0.1, 0.15) is 43.7 Å². The molecular weight excluding hydrogens is 216 g/mol. The topological polar surface area (TPSA) is 69.9 Å². The van der Waals surface area contributed by atoms with Crippen molar-refractivity contribution in [2.24, 2.45) is 5.73 Å². The molecule has 1 atom stereocenters. The largest absolute Gasteiger partial charge is 0.342 e. The van der Waals surface area contributed by atoms with Crippen LogP contribution < -0.4 is 5.73 Å². The Hall–Kier alpha value is -1.62. The lowest BCUT2D eigenvalue weighted by atomic mass is 10.2. The van der Waals surface area contributed by atoms with Crippen LogP contribution in [0.4, 0.5) is 0 Å². The van der Waals surface area contributed by atoms with Gasteiger partial charge in [0.1, 0.15) is 0 Å². The first-order chi connectivity index (χ1) is 8.20. The third kappa shape index (κ3) is 2.74. The highest BCUT2D eigenvalue weighted by atomic mass is 16.5. The van der Waals surface area contributed by atoms with Crippen molar-refractivity contribution in [2.45, 2.75) is 39.3 Å². The molecule has 5 heteroatoms. The van der Waals surface area contributed by atoms with E-state index in [0.717, 1.165) is 18.5 Å². The molecule has 2 N–H and O–H groups in total. The van der Waals surface area contributed by atoms with Crippen molar-refractivity contribution in [3.05, 3.63) is 35.7 Å². The van der Waals surface area contributed by atoms with Gasteiger partial charge >= 0.3 is 0 Å². The molecule has 5 nitrogen and oxygen atoms in total. The maximum atomic E-state index is 5.88. The van der Waals surface area contributed by atoms with Crippen molar-refractivity contribution in [1.82, 2.24) is 14.7 Å². The fraction of sp³-hybridized carbons (Fsp3) is 0.500. The van der Waals surface area contributed by atoms with Crippen LogP contribution in [0.2, 0.25) is 0 Å². The van der Waals surface area contributed by atoms with Crippen LogP contribution >= 0.6 is 0 Å². The van der Waals surface area contributed by atoms with Crippen LogP contribution in [0.25, 0.3) is 0 Å². The molecule has 0 aliphatic heterocycles. The summed E-state index contributed by atoms with van der Waals surface area (Å²) in [6.07, 6.45) is 3.82. The van der Waals surface area contributed by atoms with Crippen molar-refractivity contribution in [2.75, 3.05) is 0 Å². The van der Waals surface area contributed by atoms with E-state index in [4.69, 9.17) is 10.3 Å². The summed E-state index contributed by atoms with van der Waals surface area (Å²) in [7, 11) is 0. The average Bonchev–Trinajstić information content (AvgIpc) is 2.89. The van der Waals surface area contributed by atoms with Gasteiger partial charge in [-0.05, 0) is 25.5 Å². The Morgan fingerprint density at radius 1 is 1.53 bits per heavy atom. The number of aryl methyl sites for hydroxylation is 1. The van der Waals surface area contributed by atoms with Crippen molar-refractivity contribution < 1.29 is 4.52 Å². The molecule has 0 bridgehead atoms. The van der Waals surface area contributed by atoms with Gasteiger partial charge in [0.25, 0.3) is 0 Å². The molecule has 0 saturated carbocycles. The molecule has 0 radical (unpaired) electrons. The van der Waals surface area contributed by atoms with Gasteiger partial charge in [0.2, 0.25) is 5.89 Å². The summed E-state index contributed by atoms with van der Waals surface area (Å²) in [5, 5.41) is 3.96.